The third-order valence-electron chi connectivity index (χ3n) is 7.70. The molecule has 2 aliphatic rings. The molecular weight excluding hydrogens is 528 g/mol. The van der Waals surface area contributed by atoms with E-state index in [0.29, 0.717) is 25.4 Å². The number of aromatic hydroxyl groups is 1. The van der Waals surface area contributed by atoms with E-state index in [4.69, 9.17) is 4.74 Å². The number of phenols is 1. The lowest BCUT2D eigenvalue weighted by atomic mass is 9.99. The van der Waals surface area contributed by atoms with Crippen molar-refractivity contribution in [3.05, 3.63) is 70.4 Å². The lowest BCUT2D eigenvalue weighted by molar-refractivity contribution is -0.147. The molecule has 9 nitrogen and oxygen atoms in total. The highest BCUT2D eigenvalue weighted by atomic mass is 32.1. The molecule has 2 aromatic carbocycles. The van der Waals surface area contributed by atoms with Gasteiger partial charge < -0.3 is 25.2 Å². The minimum Gasteiger partial charge on any atom is -0.508 e. The standard InChI is InChI=1S/C30H36N4O5S/c1-18(2)27(33-13-22-6-4-5-7-23(22)15-39-17-33)30(38)34-14-24(35)11-25(34)29(37)31-12-21-9-8-20(10-26(21)36)28-19(3)32-16-40-28/h4-10,16,18,24-25,27,35-36H,11-15,17H2,1-3H3,(H,31,37)/t24-,25+,27+/m1/s1. The molecule has 0 radical (unpaired) electrons. The quantitative estimate of drug-likeness (QED) is 0.403. The van der Waals surface area contributed by atoms with Crippen LogP contribution in [0.4, 0.5) is 0 Å². The van der Waals surface area contributed by atoms with Crippen molar-refractivity contribution in [3.63, 3.8) is 0 Å². The van der Waals surface area contributed by atoms with Gasteiger partial charge in [0, 0.05) is 31.6 Å². The Kier molecular flexibility index (Phi) is 8.51. The van der Waals surface area contributed by atoms with E-state index in [2.05, 4.69) is 16.4 Å². The highest BCUT2D eigenvalue weighted by Crippen LogP contribution is 2.32. The minimum absolute atomic E-state index is 0.0412. The van der Waals surface area contributed by atoms with E-state index in [9.17, 15) is 19.8 Å². The minimum atomic E-state index is -0.801. The molecular formula is C30H36N4O5S. The second-order valence-electron chi connectivity index (χ2n) is 10.9. The average molecular weight is 565 g/mol. The zero-order valence-corrected chi connectivity index (χ0v) is 23.9. The number of hydrogen-bond acceptors (Lipinski definition) is 8. The van der Waals surface area contributed by atoms with E-state index >= 15 is 0 Å². The van der Waals surface area contributed by atoms with Gasteiger partial charge in [0.15, 0.2) is 0 Å². The first kappa shape index (κ1) is 28.2. The van der Waals surface area contributed by atoms with Crippen molar-refractivity contribution in [1.82, 2.24) is 20.1 Å². The number of aliphatic hydroxyl groups excluding tert-OH is 1. The molecule has 0 bridgehead atoms. The molecule has 2 aliphatic heterocycles. The number of phenolic OH excluding ortho intramolecular Hbond substituents is 1. The van der Waals surface area contributed by atoms with Crippen LogP contribution in [0.5, 0.6) is 5.75 Å². The Labute approximate surface area is 238 Å². The molecule has 40 heavy (non-hydrogen) atoms. The van der Waals surface area contributed by atoms with Crippen LogP contribution in [0.3, 0.4) is 0 Å². The van der Waals surface area contributed by atoms with E-state index in [1.807, 2.05) is 49.9 Å². The summed E-state index contributed by atoms with van der Waals surface area (Å²) >= 11 is 1.50. The van der Waals surface area contributed by atoms with Crippen molar-refractivity contribution >= 4 is 23.2 Å². The third-order valence-corrected chi connectivity index (χ3v) is 8.67. The van der Waals surface area contributed by atoms with Crippen LogP contribution in [0.15, 0.2) is 48.0 Å². The lowest BCUT2D eigenvalue weighted by Gasteiger charge is -2.36. The highest BCUT2D eigenvalue weighted by Gasteiger charge is 2.43. The molecule has 1 fully saturated rings. The summed E-state index contributed by atoms with van der Waals surface area (Å²) in [6.45, 7) is 7.44. The first-order chi connectivity index (χ1) is 19.2. The van der Waals surface area contributed by atoms with Gasteiger partial charge in [-0.2, -0.15) is 0 Å². The molecule has 0 spiro atoms. The summed E-state index contributed by atoms with van der Waals surface area (Å²) in [5, 5.41) is 24.0. The summed E-state index contributed by atoms with van der Waals surface area (Å²) < 4.78 is 5.91. The van der Waals surface area contributed by atoms with Gasteiger partial charge in [-0.3, -0.25) is 14.5 Å². The largest absolute Gasteiger partial charge is 0.508 e. The second kappa shape index (κ2) is 12.1. The number of fused-ring (bicyclic) bond motifs is 1. The van der Waals surface area contributed by atoms with Crippen molar-refractivity contribution in [2.75, 3.05) is 13.3 Å². The van der Waals surface area contributed by atoms with Crippen LogP contribution in [0.1, 0.15) is 42.7 Å². The molecule has 0 aliphatic carbocycles. The predicted octanol–water partition coefficient (Wildman–Crippen LogP) is 3.42. The number of thiazole rings is 1. The second-order valence-corrected chi connectivity index (χ2v) is 11.8. The molecule has 5 rings (SSSR count). The van der Waals surface area contributed by atoms with E-state index in [-0.39, 0.29) is 43.0 Å². The first-order valence-corrected chi connectivity index (χ1v) is 14.5. The summed E-state index contributed by atoms with van der Waals surface area (Å²) in [4.78, 5) is 36.1. The van der Waals surface area contributed by atoms with Gasteiger partial charge in [-0.1, -0.05) is 50.2 Å². The van der Waals surface area contributed by atoms with Crippen LogP contribution < -0.4 is 5.32 Å². The molecule has 3 N–H and O–H groups in total. The number of nitrogens with one attached hydrogen (secondary N) is 1. The maximum Gasteiger partial charge on any atom is 0.243 e. The van der Waals surface area contributed by atoms with Crippen molar-refractivity contribution < 1.29 is 24.5 Å². The van der Waals surface area contributed by atoms with E-state index in [1.54, 1.807) is 17.6 Å². The molecule has 0 unspecified atom stereocenters. The number of benzene rings is 2. The molecule has 1 saturated heterocycles. The number of hydrogen-bond donors (Lipinski definition) is 3. The van der Waals surface area contributed by atoms with Crippen molar-refractivity contribution in [3.8, 4) is 16.2 Å². The predicted molar refractivity (Wildman–Crippen MR) is 152 cm³/mol. The average Bonchev–Trinajstić information content (AvgIpc) is 3.47. The number of nitrogens with zero attached hydrogens (tertiary/aromatic N) is 3. The Balaban J connectivity index is 1.28. The normalized spacial score (nSPS) is 20.3. The Bertz CT molecular complexity index is 1380. The van der Waals surface area contributed by atoms with E-state index in [0.717, 1.165) is 27.3 Å². The van der Waals surface area contributed by atoms with Gasteiger partial charge in [-0.05, 0) is 35.6 Å². The molecule has 2 amide bonds. The molecule has 10 heteroatoms. The van der Waals surface area contributed by atoms with Crippen molar-refractivity contribution in [2.45, 2.75) is 65.1 Å². The maximum absolute atomic E-state index is 14.0. The molecule has 3 atom stereocenters. The fourth-order valence-electron chi connectivity index (χ4n) is 5.64. The van der Waals surface area contributed by atoms with E-state index < -0.39 is 18.2 Å². The van der Waals surface area contributed by atoms with Crippen molar-refractivity contribution in [1.29, 1.82) is 0 Å². The van der Waals surface area contributed by atoms with Gasteiger partial charge in [0.2, 0.25) is 11.8 Å². The molecule has 1 aromatic heterocycles. The maximum atomic E-state index is 14.0. The molecule has 3 aromatic rings. The summed E-state index contributed by atoms with van der Waals surface area (Å²) in [6.07, 6.45) is -0.624. The van der Waals surface area contributed by atoms with Gasteiger partial charge in [0.25, 0.3) is 0 Å². The van der Waals surface area contributed by atoms with Gasteiger partial charge in [0.05, 0.1) is 34.8 Å². The van der Waals surface area contributed by atoms with Gasteiger partial charge in [0.1, 0.15) is 18.5 Å². The Hall–Kier alpha value is -3.31. The van der Waals surface area contributed by atoms with Crippen LogP contribution >= 0.6 is 11.3 Å². The number of likely N-dealkylation sites (tertiary alicyclic amines) is 1. The zero-order valence-electron chi connectivity index (χ0n) is 23.0. The monoisotopic (exact) mass is 564 g/mol. The van der Waals surface area contributed by atoms with E-state index in [1.165, 1.54) is 16.2 Å². The van der Waals surface area contributed by atoms with Gasteiger partial charge in [-0.15, -0.1) is 11.3 Å². The molecule has 0 saturated carbocycles. The topological polar surface area (TPSA) is 115 Å². The Morgan fingerprint density at radius 1 is 1.20 bits per heavy atom. The number of aliphatic hydroxyl groups is 1. The Morgan fingerprint density at radius 3 is 2.67 bits per heavy atom. The van der Waals surface area contributed by atoms with Crippen LogP contribution in [-0.2, 0) is 34.0 Å². The van der Waals surface area contributed by atoms with Crippen molar-refractivity contribution in [2.24, 2.45) is 5.92 Å². The number of ether oxygens (including phenoxy) is 1. The van der Waals surface area contributed by atoms with Crippen LogP contribution in [0.25, 0.3) is 10.4 Å². The summed E-state index contributed by atoms with van der Waals surface area (Å²) in [6, 6.07) is 12.1. The van der Waals surface area contributed by atoms with Crippen LogP contribution in [0.2, 0.25) is 0 Å². The number of β-amino-alcohol motifs (C(OH)–C–C–N with tert-alkyl or cyclic N) is 1. The number of carbonyl (C=O) groups is 2. The zero-order chi connectivity index (χ0) is 28.4. The van der Waals surface area contributed by atoms with Crippen LogP contribution in [0, 0.1) is 12.8 Å². The summed E-state index contributed by atoms with van der Waals surface area (Å²) in [7, 11) is 0. The number of amides is 2. The number of rotatable bonds is 7. The number of aryl methyl sites for hydroxylation is 1. The third kappa shape index (κ3) is 5.90. The smallest absolute Gasteiger partial charge is 0.243 e. The lowest BCUT2D eigenvalue weighted by Crippen LogP contribution is -2.55. The summed E-state index contributed by atoms with van der Waals surface area (Å²) in [5.74, 6) is -0.514. The fraction of sp³-hybridized carbons (Fsp3) is 0.433. The first-order valence-electron chi connectivity index (χ1n) is 13.6. The SMILES string of the molecule is Cc1ncsc1-c1ccc(CNC(=O)[C@@H]2C[C@@H](O)CN2C(=O)[C@H](C(C)C)N2COCc3ccccc3C2)c(O)c1. The Morgan fingerprint density at radius 2 is 1.98 bits per heavy atom. The fourth-order valence-corrected chi connectivity index (χ4v) is 6.44. The van der Waals surface area contributed by atoms with Crippen LogP contribution in [-0.4, -0.2) is 68.3 Å². The number of aromatic nitrogens is 1. The molecule has 212 valence electrons. The molecule has 3 heterocycles. The van der Waals surface area contributed by atoms with Gasteiger partial charge in [-0.25, -0.2) is 4.98 Å². The number of carbonyl (C=O) groups excluding carboxylic acids is 2. The highest BCUT2D eigenvalue weighted by molar-refractivity contribution is 7.13. The summed E-state index contributed by atoms with van der Waals surface area (Å²) in [5.41, 5.74) is 6.31. The van der Waals surface area contributed by atoms with Gasteiger partial charge >= 0.3 is 0 Å².